The van der Waals surface area contributed by atoms with E-state index in [4.69, 9.17) is 11.6 Å². The second-order valence-corrected chi connectivity index (χ2v) is 7.92. The molecule has 17 heavy (non-hydrogen) atoms. The Morgan fingerprint density at radius 3 is 2.53 bits per heavy atom. The summed E-state index contributed by atoms with van der Waals surface area (Å²) >= 11 is 7.80. The molecule has 2 aromatic rings. The number of nitrogens with zero attached hydrogens (tertiary/aromatic N) is 2. The molecule has 0 spiro atoms. The van der Waals surface area contributed by atoms with Crippen LogP contribution in [0, 0.1) is 13.8 Å². The fraction of sp³-hybridized carbons (Fsp3) is 0.250. The quantitative estimate of drug-likeness (QED) is 0.946. The molecule has 0 saturated heterocycles. The third kappa shape index (κ3) is 2.76. The molecule has 0 fully saturated rings. The van der Waals surface area contributed by atoms with Gasteiger partial charge in [-0.3, -0.25) is 4.72 Å². The molecule has 92 valence electrons. The summed E-state index contributed by atoms with van der Waals surface area (Å²) in [7, 11) is -3.63. The van der Waals surface area contributed by atoms with E-state index in [2.05, 4.69) is 14.7 Å². The van der Waals surface area contributed by atoms with Gasteiger partial charge in [-0.05, 0) is 13.8 Å². The number of aryl methyl sites for hydroxylation is 2. The molecule has 0 aliphatic carbocycles. The molecule has 0 bridgehead atoms. The molecule has 5 nitrogen and oxygen atoms in total. The van der Waals surface area contributed by atoms with Gasteiger partial charge in [0, 0.05) is 4.88 Å². The number of rotatable bonds is 3. The molecule has 2 rings (SSSR count). The first-order valence-electron chi connectivity index (χ1n) is 4.46. The highest BCUT2D eigenvalue weighted by atomic mass is 35.5. The number of halogens is 1. The van der Waals surface area contributed by atoms with Crippen LogP contribution in [0.2, 0.25) is 4.47 Å². The summed E-state index contributed by atoms with van der Waals surface area (Å²) in [4.78, 5) is 8.78. The molecule has 0 amide bonds. The zero-order chi connectivity index (χ0) is 12.6. The van der Waals surface area contributed by atoms with Crippen molar-refractivity contribution in [2.45, 2.75) is 18.1 Å². The van der Waals surface area contributed by atoms with Crippen molar-refractivity contribution in [3.8, 4) is 0 Å². The Kier molecular flexibility index (Phi) is 3.39. The second kappa shape index (κ2) is 4.52. The molecule has 1 N–H and O–H groups in total. The molecular weight excluding hydrogens is 302 g/mol. The van der Waals surface area contributed by atoms with E-state index in [0.717, 1.165) is 21.9 Å². The predicted octanol–water partition coefficient (Wildman–Crippen LogP) is 2.67. The van der Waals surface area contributed by atoms with Crippen molar-refractivity contribution in [2.75, 3.05) is 4.72 Å². The lowest BCUT2D eigenvalue weighted by atomic mass is 10.4. The Hall–Kier alpha value is -0.700. The molecule has 0 aliphatic heterocycles. The minimum Gasteiger partial charge on any atom is -0.254 e. The van der Waals surface area contributed by atoms with Crippen LogP contribution in [0.3, 0.4) is 0 Å². The maximum Gasteiger partial charge on any atom is 0.274 e. The van der Waals surface area contributed by atoms with Gasteiger partial charge >= 0.3 is 0 Å². The SMILES string of the molecule is Cc1nc(NS(=O)(=O)c2cnc(Cl)s2)sc1C. The lowest BCUT2D eigenvalue weighted by Crippen LogP contribution is -2.11. The van der Waals surface area contributed by atoms with E-state index in [1.807, 2.05) is 13.8 Å². The van der Waals surface area contributed by atoms with E-state index in [-0.39, 0.29) is 8.68 Å². The van der Waals surface area contributed by atoms with Crippen LogP contribution in [-0.4, -0.2) is 18.4 Å². The van der Waals surface area contributed by atoms with Crippen LogP contribution in [0.15, 0.2) is 10.4 Å². The van der Waals surface area contributed by atoms with E-state index in [0.29, 0.717) is 5.13 Å². The number of hydrogen-bond donors (Lipinski definition) is 1. The summed E-state index contributed by atoms with van der Waals surface area (Å²) in [5, 5.41) is 0.351. The Morgan fingerprint density at radius 2 is 2.06 bits per heavy atom. The number of thiazole rings is 2. The smallest absolute Gasteiger partial charge is 0.254 e. The highest BCUT2D eigenvalue weighted by Gasteiger charge is 2.19. The molecule has 0 unspecified atom stereocenters. The fourth-order valence-electron chi connectivity index (χ4n) is 1.05. The molecular formula is C8H8ClN3O2S3. The second-order valence-electron chi connectivity index (χ2n) is 3.20. The number of aromatic nitrogens is 2. The zero-order valence-electron chi connectivity index (χ0n) is 8.89. The third-order valence-electron chi connectivity index (χ3n) is 1.97. The molecule has 0 atom stereocenters. The molecule has 0 saturated carbocycles. The largest absolute Gasteiger partial charge is 0.274 e. The summed E-state index contributed by atoms with van der Waals surface area (Å²) in [6.45, 7) is 3.71. The topological polar surface area (TPSA) is 72.0 Å². The van der Waals surface area contributed by atoms with E-state index in [9.17, 15) is 8.42 Å². The maximum absolute atomic E-state index is 11.9. The van der Waals surface area contributed by atoms with Crippen LogP contribution in [0.1, 0.15) is 10.6 Å². The van der Waals surface area contributed by atoms with Crippen LogP contribution < -0.4 is 4.72 Å². The van der Waals surface area contributed by atoms with Crippen molar-refractivity contribution in [3.63, 3.8) is 0 Å². The van der Waals surface area contributed by atoms with Gasteiger partial charge < -0.3 is 0 Å². The van der Waals surface area contributed by atoms with Gasteiger partial charge in [0.2, 0.25) is 0 Å². The summed E-state index contributed by atoms with van der Waals surface area (Å²) in [6, 6.07) is 0. The van der Waals surface area contributed by atoms with Gasteiger partial charge in [-0.15, -0.1) is 11.3 Å². The van der Waals surface area contributed by atoms with Crippen molar-refractivity contribution in [3.05, 3.63) is 21.2 Å². The van der Waals surface area contributed by atoms with Crippen molar-refractivity contribution in [1.29, 1.82) is 0 Å². The van der Waals surface area contributed by atoms with Crippen LogP contribution in [0.5, 0.6) is 0 Å². The number of anilines is 1. The van der Waals surface area contributed by atoms with Gasteiger partial charge in [-0.25, -0.2) is 18.4 Å². The van der Waals surface area contributed by atoms with Gasteiger partial charge in [0.15, 0.2) is 13.8 Å². The molecule has 2 aromatic heterocycles. The van der Waals surface area contributed by atoms with E-state index < -0.39 is 10.0 Å². The fourth-order valence-corrected chi connectivity index (χ4v) is 4.39. The number of hydrogen-bond acceptors (Lipinski definition) is 6. The normalized spacial score (nSPS) is 11.7. The lowest BCUT2D eigenvalue weighted by Gasteiger charge is -2.00. The predicted molar refractivity (Wildman–Crippen MR) is 69.5 cm³/mol. The zero-order valence-corrected chi connectivity index (χ0v) is 12.1. The van der Waals surface area contributed by atoms with Crippen LogP contribution >= 0.6 is 34.3 Å². The summed E-state index contributed by atoms with van der Waals surface area (Å²) in [5.74, 6) is 0. The first-order chi connectivity index (χ1) is 7.88. The van der Waals surface area contributed by atoms with Crippen molar-refractivity contribution in [2.24, 2.45) is 0 Å². The number of nitrogens with one attached hydrogen (secondary N) is 1. The molecule has 9 heteroatoms. The van der Waals surface area contributed by atoms with E-state index in [1.165, 1.54) is 17.5 Å². The number of sulfonamides is 1. The standard InChI is InChI=1S/C8H8ClN3O2S3/c1-4-5(2)15-8(11-4)12-17(13,14)6-3-10-7(9)16-6/h3H,1-2H3,(H,11,12). The Balaban J connectivity index is 2.29. The molecule has 0 radical (unpaired) electrons. The first-order valence-corrected chi connectivity index (χ1v) is 7.96. The Labute approximate surface area is 112 Å². The van der Waals surface area contributed by atoms with Gasteiger partial charge in [0.05, 0.1) is 11.9 Å². The van der Waals surface area contributed by atoms with Crippen LogP contribution in [-0.2, 0) is 10.0 Å². The van der Waals surface area contributed by atoms with Crippen LogP contribution in [0.4, 0.5) is 5.13 Å². The average molecular weight is 310 g/mol. The minimum atomic E-state index is -3.63. The first kappa shape index (κ1) is 12.7. The van der Waals surface area contributed by atoms with Gasteiger partial charge in [-0.1, -0.05) is 22.9 Å². The molecule has 0 aliphatic rings. The Bertz CT molecular complexity index is 627. The highest BCUT2D eigenvalue weighted by molar-refractivity contribution is 7.94. The summed E-state index contributed by atoms with van der Waals surface area (Å²) in [5.41, 5.74) is 0.815. The lowest BCUT2D eigenvalue weighted by molar-refractivity contribution is 0.603. The monoisotopic (exact) mass is 309 g/mol. The summed E-state index contributed by atoms with van der Waals surface area (Å²) in [6.07, 6.45) is 1.22. The highest BCUT2D eigenvalue weighted by Crippen LogP contribution is 2.27. The van der Waals surface area contributed by atoms with Gasteiger partial charge in [0.25, 0.3) is 10.0 Å². The van der Waals surface area contributed by atoms with Crippen molar-refractivity contribution in [1.82, 2.24) is 9.97 Å². The van der Waals surface area contributed by atoms with Crippen LogP contribution in [0.25, 0.3) is 0 Å². The Morgan fingerprint density at radius 1 is 1.35 bits per heavy atom. The average Bonchev–Trinajstić information content (AvgIpc) is 2.75. The maximum atomic E-state index is 11.9. The van der Waals surface area contributed by atoms with Gasteiger partial charge in [0.1, 0.15) is 0 Å². The van der Waals surface area contributed by atoms with E-state index in [1.54, 1.807) is 0 Å². The van der Waals surface area contributed by atoms with Crippen molar-refractivity contribution < 1.29 is 8.42 Å². The minimum absolute atomic E-state index is 0.0769. The summed E-state index contributed by atoms with van der Waals surface area (Å²) < 4.78 is 26.5. The molecule has 2 heterocycles. The molecule has 0 aromatic carbocycles. The van der Waals surface area contributed by atoms with E-state index >= 15 is 0 Å². The third-order valence-corrected chi connectivity index (χ3v) is 6.00. The van der Waals surface area contributed by atoms with Crippen molar-refractivity contribution >= 4 is 49.4 Å². The van der Waals surface area contributed by atoms with Gasteiger partial charge in [-0.2, -0.15) is 0 Å².